The first-order valence-electron chi connectivity index (χ1n) is 8.35. The molecule has 0 atom stereocenters. The number of para-hydroxylation sites is 2. The second-order valence-corrected chi connectivity index (χ2v) is 6.65. The number of hydrogen-bond donors (Lipinski definition) is 2. The van der Waals surface area contributed by atoms with Gasteiger partial charge in [-0.05, 0) is 24.1 Å². The lowest BCUT2D eigenvalue weighted by Crippen LogP contribution is -2.22. The second-order valence-electron chi connectivity index (χ2n) is 5.79. The lowest BCUT2D eigenvalue weighted by Gasteiger charge is -2.08. The van der Waals surface area contributed by atoms with Crippen LogP contribution in [0.3, 0.4) is 0 Å². The molecule has 2 N–H and O–H groups in total. The molecule has 3 rings (SSSR count). The number of ether oxygens (including phenoxy) is 1. The fraction of sp³-hybridized carbons (Fsp3) is 0.200. The predicted octanol–water partition coefficient (Wildman–Crippen LogP) is 4.24. The van der Waals surface area contributed by atoms with Gasteiger partial charge in [-0.3, -0.25) is 4.79 Å². The van der Waals surface area contributed by atoms with Crippen LogP contribution < -0.4 is 15.4 Å². The maximum Gasteiger partial charge on any atom is 0.216 e. The number of hydrogen-bond acceptors (Lipinski definition) is 5. The van der Waals surface area contributed by atoms with Crippen LogP contribution in [0.4, 0.5) is 10.8 Å². The predicted molar refractivity (Wildman–Crippen MR) is 106 cm³/mol. The summed E-state index contributed by atoms with van der Waals surface area (Å²) < 4.78 is 5.36. The summed E-state index contributed by atoms with van der Waals surface area (Å²) >= 11 is 1.55. The molecular weight excluding hydrogens is 346 g/mol. The van der Waals surface area contributed by atoms with Crippen molar-refractivity contribution in [3.63, 3.8) is 0 Å². The summed E-state index contributed by atoms with van der Waals surface area (Å²) in [5.74, 6) is 0.784. The van der Waals surface area contributed by atoms with Crippen molar-refractivity contribution in [2.24, 2.45) is 0 Å². The summed E-state index contributed by atoms with van der Waals surface area (Å²) in [5, 5.41) is 8.96. The first-order valence-corrected chi connectivity index (χ1v) is 9.23. The van der Waals surface area contributed by atoms with Gasteiger partial charge >= 0.3 is 0 Å². The number of anilines is 2. The third kappa shape index (κ3) is 4.61. The molecule has 0 unspecified atom stereocenters. The van der Waals surface area contributed by atoms with Gasteiger partial charge in [0.1, 0.15) is 5.75 Å². The first-order chi connectivity index (χ1) is 12.7. The highest BCUT2D eigenvalue weighted by molar-refractivity contribution is 7.14. The Morgan fingerprint density at radius 1 is 1.15 bits per heavy atom. The standard InChI is InChI=1S/C20H21N3O2S/c1-14(24)21-12-11-15-7-9-16(10-8-15)18-13-26-20(23-18)22-17-5-3-4-6-19(17)25-2/h3-10,13H,11-12H2,1-2H3,(H,21,24)(H,22,23). The smallest absolute Gasteiger partial charge is 0.216 e. The Bertz CT molecular complexity index is 875. The number of benzene rings is 2. The molecule has 6 heteroatoms. The summed E-state index contributed by atoms with van der Waals surface area (Å²) in [6.45, 7) is 2.18. The van der Waals surface area contributed by atoms with Crippen molar-refractivity contribution >= 4 is 28.1 Å². The van der Waals surface area contributed by atoms with Gasteiger partial charge in [-0.25, -0.2) is 4.98 Å². The summed E-state index contributed by atoms with van der Waals surface area (Å²) in [5.41, 5.74) is 4.08. The molecule has 0 aliphatic rings. The van der Waals surface area contributed by atoms with E-state index in [1.807, 2.05) is 29.6 Å². The summed E-state index contributed by atoms with van der Waals surface area (Å²) in [6.07, 6.45) is 0.817. The van der Waals surface area contributed by atoms with E-state index in [0.29, 0.717) is 6.54 Å². The van der Waals surface area contributed by atoms with E-state index in [4.69, 9.17) is 4.74 Å². The molecule has 0 saturated heterocycles. The lowest BCUT2D eigenvalue weighted by atomic mass is 10.1. The van der Waals surface area contributed by atoms with Gasteiger partial charge in [-0.2, -0.15) is 0 Å². The molecule has 3 aromatic rings. The first kappa shape index (κ1) is 17.9. The van der Waals surface area contributed by atoms with Crippen LogP contribution >= 0.6 is 11.3 Å². The van der Waals surface area contributed by atoms with E-state index in [1.165, 1.54) is 12.5 Å². The quantitative estimate of drug-likeness (QED) is 0.656. The van der Waals surface area contributed by atoms with Crippen LogP contribution in [-0.2, 0) is 11.2 Å². The van der Waals surface area contributed by atoms with Crippen molar-refractivity contribution in [2.45, 2.75) is 13.3 Å². The molecule has 0 radical (unpaired) electrons. The van der Waals surface area contributed by atoms with Gasteiger partial charge in [0.05, 0.1) is 18.5 Å². The minimum Gasteiger partial charge on any atom is -0.495 e. The maximum absolute atomic E-state index is 10.9. The van der Waals surface area contributed by atoms with E-state index in [1.54, 1.807) is 18.4 Å². The molecule has 5 nitrogen and oxygen atoms in total. The Kier molecular flexibility index (Phi) is 5.86. The highest BCUT2D eigenvalue weighted by atomic mass is 32.1. The fourth-order valence-corrected chi connectivity index (χ4v) is 3.28. The zero-order valence-electron chi connectivity index (χ0n) is 14.8. The van der Waals surface area contributed by atoms with Crippen LogP contribution in [0, 0.1) is 0 Å². The zero-order valence-corrected chi connectivity index (χ0v) is 15.6. The van der Waals surface area contributed by atoms with Crippen LogP contribution in [0.15, 0.2) is 53.9 Å². The fourth-order valence-electron chi connectivity index (χ4n) is 2.55. The van der Waals surface area contributed by atoms with E-state index in [-0.39, 0.29) is 5.91 Å². The highest BCUT2D eigenvalue weighted by Gasteiger charge is 2.07. The van der Waals surface area contributed by atoms with E-state index in [0.717, 1.165) is 34.2 Å². The number of nitrogens with one attached hydrogen (secondary N) is 2. The van der Waals surface area contributed by atoms with Gasteiger partial charge in [0.25, 0.3) is 0 Å². The average Bonchev–Trinajstić information content (AvgIpc) is 3.11. The number of carbonyl (C=O) groups excluding carboxylic acids is 1. The number of methoxy groups -OCH3 is 1. The maximum atomic E-state index is 10.9. The number of thiazole rings is 1. The SMILES string of the molecule is COc1ccccc1Nc1nc(-c2ccc(CCNC(C)=O)cc2)cs1. The summed E-state index contributed by atoms with van der Waals surface area (Å²) in [4.78, 5) is 15.6. The molecule has 0 aliphatic carbocycles. The molecule has 1 amide bonds. The zero-order chi connectivity index (χ0) is 18.4. The van der Waals surface area contributed by atoms with Crippen molar-refractivity contribution < 1.29 is 9.53 Å². The number of rotatable bonds is 7. The molecule has 2 aromatic carbocycles. The van der Waals surface area contributed by atoms with Gasteiger partial charge in [0.2, 0.25) is 5.91 Å². The molecule has 0 bridgehead atoms. The number of amides is 1. The van der Waals surface area contributed by atoms with Crippen LogP contribution in [0.25, 0.3) is 11.3 Å². The molecule has 26 heavy (non-hydrogen) atoms. The molecule has 0 spiro atoms. The Labute approximate surface area is 157 Å². The van der Waals surface area contributed by atoms with Crippen LogP contribution in [0.5, 0.6) is 5.75 Å². The van der Waals surface area contributed by atoms with E-state index in [9.17, 15) is 4.79 Å². The minimum atomic E-state index is -0.000769. The minimum absolute atomic E-state index is 0.000769. The third-order valence-corrected chi connectivity index (χ3v) is 4.65. The third-order valence-electron chi connectivity index (χ3n) is 3.89. The van der Waals surface area contributed by atoms with Crippen molar-refractivity contribution in [1.29, 1.82) is 0 Å². The van der Waals surface area contributed by atoms with Crippen LogP contribution in [0.1, 0.15) is 12.5 Å². The highest BCUT2D eigenvalue weighted by Crippen LogP contribution is 2.31. The van der Waals surface area contributed by atoms with Crippen molar-refractivity contribution in [2.75, 3.05) is 19.0 Å². The number of nitrogens with zero attached hydrogens (tertiary/aromatic N) is 1. The molecule has 0 fully saturated rings. The van der Waals surface area contributed by atoms with Gasteiger partial charge in [-0.15, -0.1) is 11.3 Å². The lowest BCUT2D eigenvalue weighted by molar-refractivity contribution is -0.118. The normalized spacial score (nSPS) is 10.4. The second kappa shape index (κ2) is 8.49. The van der Waals surface area contributed by atoms with Gasteiger partial charge in [-0.1, -0.05) is 36.4 Å². The molecule has 1 aromatic heterocycles. The average molecular weight is 367 g/mol. The van der Waals surface area contributed by atoms with Gasteiger partial charge in [0.15, 0.2) is 5.13 Å². The van der Waals surface area contributed by atoms with E-state index < -0.39 is 0 Å². The van der Waals surface area contributed by atoms with Crippen LogP contribution in [-0.4, -0.2) is 24.5 Å². The largest absolute Gasteiger partial charge is 0.495 e. The molecule has 134 valence electrons. The number of carbonyl (C=O) groups is 1. The van der Waals surface area contributed by atoms with Crippen molar-refractivity contribution in [3.8, 4) is 17.0 Å². The number of aromatic nitrogens is 1. The van der Waals surface area contributed by atoms with E-state index in [2.05, 4.69) is 39.9 Å². The molecular formula is C20H21N3O2S. The van der Waals surface area contributed by atoms with E-state index >= 15 is 0 Å². The van der Waals surface area contributed by atoms with Crippen molar-refractivity contribution in [3.05, 3.63) is 59.5 Å². The Morgan fingerprint density at radius 3 is 2.65 bits per heavy atom. The van der Waals surface area contributed by atoms with Gasteiger partial charge in [0, 0.05) is 24.4 Å². The van der Waals surface area contributed by atoms with Crippen molar-refractivity contribution in [1.82, 2.24) is 10.3 Å². The molecule has 0 aliphatic heterocycles. The molecule has 1 heterocycles. The van der Waals surface area contributed by atoms with Crippen LogP contribution in [0.2, 0.25) is 0 Å². The van der Waals surface area contributed by atoms with Gasteiger partial charge < -0.3 is 15.4 Å². The Balaban J connectivity index is 1.66. The topological polar surface area (TPSA) is 63.2 Å². The Morgan fingerprint density at radius 2 is 1.92 bits per heavy atom. The monoisotopic (exact) mass is 367 g/mol. The summed E-state index contributed by atoms with van der Waals surface area (Å²) in [6, 6.07) is 16.0. The Hall–Kier alpha value is -2.86. The molecule has 0 saturated carbocycles. The summed E-state index contributed by atoms with van der Waals surface area (Å²) in [7, 11) is 1.65.